The van der Waals surface area contributed by atoms with Crippen molar-refractivity contribution in [2.75, 3.05) is 12.4 Å². The molecule has 8 heteroatoms. The number of anilines is 1. The Hall–Kier alpha value is -3.55. The van der Waals surface area contributed by atoms with Crippen LogP contribution in [0.1, 0.15) is 28.5 Å². The zero-order valence-electron chi connectivity index (χ0n) is 16.5. The molecule has 1 heterocycles. The van der Waals surface area contributed by atoms with Crippen LogP contribution in [0.25, 0.3) is 11.1 Å². The van der Waals surface area contributed by atoms with E-state index in [0.29, 0.717) is 22.5 Å². The van der Waals surface area contributed by atoms with Gasteiger partial charge in [-0.05, 0) is 43.2 Å². The van der Waals surface area contributed by atoms with Crippen LogP contribution in [0.5, 0.6) is 0 Å². The van der Waals surface area contributed by atoms with E-state index in [-0.39, 0.29) is 11.3 Å². The van der Waals surface area contributed by atoms with E-state index in [9.17, 15) is 13.6 Å². The fourth-order valence-corrected chi connectivity index (χ4v) is 3.02. The van der Waals surface area contributed by atoms with Gasteiger partial charge < -0.3 is 10.2 Å². The summed E-state index contributed by atoms with van der Waals surface area (Å²) in [6.07, 6.45) is 0. The molecule has 29 heavy (non-hydrogen) atoms. The number of amides is 1. The zero-order valence-corrected chi connectivity index (χ0v) is 16.5. The lowest BCUT2D eigenvalue weighted by Crippen LogP contribution is -2.15. The van der Waals surface area contributed by atoms with Gasteiger partial charge in [0.2, 0.25) is 5.95 Å². The first-order valence-electron chi connectivity index (χ1n) is 8.80. The van der Waals surface area contributed by atoms with Crippen molar-refractivity contribution in [2.45, 2.75) is 13.8 Å². The minimum absolute atomic E-state index is 0.149. The van der Waals surface area contributed by atoms with Crippen LogP contribution in [-0.2, 0) is 11.9 Å². The van der Waals surface area contributed by atoms with Crippen molar-refractivity contribution in [1.82, 2.24) is 9.78 Å². The van der Waals surface area contributed by atoms with Gasteiger partial charge in [0.1, 0.15) is 18.5 Å². The van der Waals surface area contributed by atoms with Crippen LogP contribution < -0.4 is 5.32 Å². The summed E-state index contributed by atoms with van der Waals surface area (Å²) in [5.74, 6) is -1.84. The van der Waals surface area contributed by atoms with Gasteiger partial charge in [-0.3, -0.25) is 4.79 Å². The lowest BCUT2D eigenvalue weighted by Gasteiger charge is -2.12. The molecule has 0 aliphatic heterocycles. The van der Waals surface area contributed by atoms with E-state index in [4.69, 9.17) is 4.84 Å². The summed E-state index contributed by atoms with van der Waals surface area (Å²) in [6, 6.07) is 11.2. The van der Waals surface area contributed by atoms with Crippen molar-refractivity contribution in [3.05, 3.63) is 71.1 Å². The Kier molecular flexibility index (Phi) is 5.72. The fraction of sp³-hybridized carbons (Fsp3) is 0.190. The first-order valence-corrected chi connectivity index (χ1v) is 8.80. The molecule has 0 fully saturated rings. The van der Waals surface area contributed by atoms with E-state index in [1.807, 2.05) is 12.1 Å². The minimum atomic E-state index is -0.735. The molecule has 0 saturated heterocycles. The van der Waals surface area contributed by atoms with Crippen LogP contribution in [0.2, 0.25) is 0 Å². The molecule has 2 aromatic carbocycles. The third-order valence-electron chi connectivity index (χ3n) is 4.45. The molecule has 3 aromatic rings. The Morgan fingerprint density at radius 2 is 1.86 bits per heavy atom. The molecule has 1 amide bonds. The van der Waals surface area contributed by atoms with Crippen LogP contribution in [-0.4, -0.2) is 28.5 Å². The van der Waals surface area contributed by atoms with Gasteiger partial charge >= 0.3 is 0 Å². The van der Waals surface area contributed by atoms with Gasteiger partial charge in [0.15, 0.2) is 0 Å². The normalized spacial score (nSPS) is 11.4. The number of carbonyl (C=O) groups excluding carboxylic acids is 1. The SMILES string of the molecule is CO/N=C(\C)c1ccc(-c2cc(F)ccc2NC(=O)c2c(C)nn(C)c2F)cc1. The molecule has 0 saturated carbocycles. The molecular formula is C21H20F2N4O2. The van der Waals surface area contributed by atoms with E-state index in [2.05, 4.69) is 15.6 Å². The second-order valence-corrected chi connectivity index (χ2v) is 6.46. The number of benzene rings is 2. The molecule has 3 rings (SSSR count). The lowest BCUT2D eigenvalue weighted by atomic mass is 10.0. The predicted octanol–water partition coefficient (Wildman–Crippen LogP) is 4.30. The average molecular weight is 398 g/mol. The number of hydrogen-bond donors (Lipinski definition) is 1. The maximum Gasteiger partial charge on any atom is 0.262 e. The first kappa shape index (κ1) is 20.2. The predicted molar refractivity (Wildman–Crippen MR) is 107 cm³/mol. The van der Waals surface area contributed by atoms with Crippen molar-refractivity contribution < 1.29 is 18.4 Å². The smallest absolute Gasteiger partial charge is 0.262 e. The molecule has 0 spiro atoms. The van der Waals surface area contributed by atoms with Crippen molar-refractivity contribution in [2.24, 2.45) is 12.2 Å². The van der Waals surface area contributed by atoms with E-state index in [1.165, 1.54) is 32.4 Å². The van der Waals surface area contributed by atoms with Crippen LogP contribution in [0.3, 0.4) is 0 Å². The molecule has 6 nitrogen and oxygen atoms in total. The molecule has 0 atom stereocenters. The van der Waals surface area contributed by atoms with E-state index < -0.39 is 17.7 Å². The van der Waals surface area contributed by atoms with Crippen molar-refractivity contribution in [3.8, 4) is 11.1 Å². The van der Waals surface area contributed by atoms with Crippen molar-refractivity contribution >= 4 is 17.3 Å². The molecule has 0 unspecified atom stereocenters. The van der Waals surface area contributed by atoms with E-state index >= 15 is 0 Å². The largest absolute Gasteiger partial charge is 0.399 e. The van der Waals surface area contributed by atoms with Gasteiger partial charge in [-0.25, -0.2) is 9.07 Å². The fourth-order valence-electron chi connectivity index (χ4n) is 3.02. The zero-order chi connectivity index (χ0) is 21.1. The van der Waals surface area contributed by atoms with Gasteiger partial charge in [0.25, 0.3) is 5.91 Å². The number of rotatable bonds is 5. The maximum atomic E-state index is 14.2. The number of oxime groups is 1. The number of nitrogens with one attached hydrogen (secondary N) is 1. The summed E-state index contributed by atoms with van der Waals surface area (Å²) < 4.78 is 29.1. The van der Waals surface area contributed by atoms with Crippen molar-refractivity contribution in [3.63, 3.8) is 0 Å². The minimum Gasteiger partial charge on any atom is -0.399 e. The third-order valence-corrected chi connectivity index (χ3v) is 4.45. The Morgan fingerprint density at radius 1 is 1.17 bits per heavy atom. The average Bonchev–Trinajstić information content (AvgIpc) is 2.95. The van der Waals surface area contributed by atoms with Gasteiger partial charge in [-0.15, -0.1) is 0 Å². The monoisotopic (exact) mass is 398 g/mol. The molecule has 0 radical (unpaired) electrons. The van der Waals surface area contributed by atoms with Gasteiger partial charge in [0, 0.05) is 18.3 Å². The second kappa shape index (κ2) is 8.22. The Morgan fingerprint density at radius 3 is 2.45 bits per heavy atom. The first-order chi connectivity index (χ1) is 13.8. The lowest BCUT2D eigenvalue weighted by molar-refractivity contribution is 0.102. The molecular weight excluding hydrogens is 378 g/mol. The third kappa shape index (κ3) is 4.16. The van der Waals surface area contributed by atoms with E-state index in [1.54, 1.807) is 26.0 Å². The summed E-state index contributed by atoms with van der Waals surface area (Å²) in [5, 5.41) is 10.4. The maximum absolute atomic E-state index is 14.2. The Labute approximate surface area is 166 Å². The number of carbonyl (C=O) groups is 1. The van der Waals surface area contributed by atoms with Crippen molar-refractivity contribution in [1.29, 1.82) is 0 Å². The van der Waals surface area contributed by atoms with Crippen LogP contribution in [0, 0.1) is 18.7 Å². The quantitative estimate of drug-likeness (QED) is 0.515. The van der Waals surface area contributed by atoms with Crippen LogP contribution in [0.4, 0.5) is 14.5 Å². The van der Waals surface area contributed by atoms with Gasteiger partial charge in [-0.2, -0.15) is 9.49 Å². The molecule has 1 N–H and O–H groups in total. The van der Waals surface area contributed by atoms with Gasteiger partial charge in [-0.1, -0.05) is 29.4 Å². The molecule has 150 valence electrons. The summed E-state index contributed by atoms with van der Waals surface area (Å²) in [6.45, 7) is 3.35. The molecule has 0 bridgehead atoms. The number of aryl methyl sites for hydroxylation is 2. The molecule has 1 aromatic heterocycles. The highest BCUT2D eigenvalue weighted by Crippen LogP contribution is 2.30. The number of aromatic nitrogens is 2. The summed E-state index contributed by atoms with van der Waals surface area (Å²) in [4.78, 5) is 17.4. The number of halogens is 2. The topological polar surface area (TPSA) is 68.5 Å². The Bertz CT molecular complexity index is 1090. The second-order valence-electron chi connectivity index (χ2n) is 6.46. The highest BCUT2D eigenvalue weighted by Gasteiger charge is 2.21. The van der Waals surface area contributed by atoms with Crippen LogP contribution >= 0.6 is 0 Å². The molecule has 0 aliphatic rings. The Balaban J connectivity index is 1.96. The highest BCUT2D eigenvalue weighted by molar-refractivity contribution is 6.07. The standard InChI is InChI=1S/C21H20F2N4O2/c1-12(26-29-4)14-5-7-15(8-6-14)17-11-16(22)9-10-18(17)24-21(28)19-13(2)25-27(3)20(19)23/h5-11H,1-4H3,(H,24,28)/b26-12+. The number of nitrogens with zero attached hydrogens (tertiary/aromatic N) is 3. The molecule has 0 aliphatic carbocycles. The van der Waals surface area contributed by atoms with E-state index in [0.717, 1.165) is 10.2 Å². The summed E-state index contributed by atoms with van der Waals surface area (Å²) in [7, 11) is 2.88. The summed E-state index contributed by atoms with van der Waals surface area (Å²) >= 11 is 0. The number of hydrogen-bond acceptors (Lipinski definition) is 4. The highest BCUT2D eigenvalue weighted by atomic mass is 19.1. The van der Waals surface area contributed by atoms with Gasteiger partial charge in [0.05, 0.1) is 11.4 Å². The summed E-state index contributed by atoms with van der Waals surface area (Å²) in [5.41, 5.74) is 3.15. The van der Waals surface area contributed by atoms with Crippen LogP contribution in [0.15, 0.2) is 47.6 Å².